The van der Waals surface area contributed by atoms with Gasteiger partial charge in [0.15, 0.2) is 4.67 Å². The topological polar surface area (TPSA) is 79.5 Å². The van der Waals surface area contributed by atoms with Crippen molar-refractivity contribution in [2.75, 3.05) is 5.32 Å². The summed E-state index contributed by atoms with van der Waals surface area (Å²) in [7, 11) is 0. The van der Waals surface area contributed by atoms with Crippen LogP contribution in [0.2, 0.25) is 10.0 Å². The number of hydrogen-bond donors (Lipinski definition) is 2. The fourth-order valence-electron chi connectivity index (χ4n) is 1.52. The Kier molecular flexibility index (Phi) is 4.37. The van der Waals surface area contributed by atoms with Gasteiger partial charge in [0.05, 0.1) is 27.6 Å². The van der Waals surface area contributed by atoms with E-state index in [1.807, 2.05) is 0 Å². The fourth-order valence-corrected chi connectivity index (χ4v) is 2.38. The molecule has 1 aromatic heterocycles. The molecule has 0 spiro atoms. The standard InChI is InChI=1S/C12H6BrCl2NO4/c13-10-5(3-4-20-10)11(17)16-9-7(15)2-1-6(14)8(9)12(18)19/h1-4H,(H,16,17)(H,18,19). The number of furan rings is 1. The van der Waals surface area contributed by atoms with Gasteiger partial charge in [-0.25, -0.2) is 4.79 Å². The van der Waals surface area contributed by atoms with Crippen molar-refractivity contribution >= 4 is 56.7 Å². The molecule has 0 aliphatic rings. The number of aromatic carboxylic acids is 1. The second kappa shape index (κ2) is 5.87. The fraction of sp³-hybridized carbons (Fsp3) is 0. The Morgan fingerprint density at radius 2 is 1.85 bits per heavy atom. The number of amides is 1. The number of anilines is 1. The van der Waals surface area contributed by atoms with Crippen molar-refractivity contribution in [3.05, 3.63) is 50.3 Å². The Morgan fingerprint density at radius 3 is 2.40 bits per heavy atom. The van der Waals surface area contributed by atoms with Crippen LogP contribution in [-0.2, 0) is 0 Å². The summed E-state index contributed by atoms with van der Waals surface area (Å²) in [5.74, 6) is -1.86. The summed E-state index contributed by atoms with van der Waals surface area (Å²) in [6.45, 7) is 0. The zero-order valence-corrected chi connectivity index (χ0v) is 12.7. The lowest BCUT2D eigenvalue weighted by Gasteiger charge is -2.11. The summed E-state index contributed by atoms with van der Waals surface area (Å²) < 4.78 is 5.16. The van der Waals surface area contributed by atoms with Gasteiger partial charge in [-0.2, -0.15) is 0 Å². The number of halogens is 3. The molecule has 104 valence electrons. The van der Waals surface area contributed by atoms with Crippen molar-refractivity contribution in [2.45, 2.75) is 0 Å². The van der Waals surface area contributed by atoms with Gasteiger partial charge in [-0.05, 0) is 34.1 Å². The molecule has 0 fully saturated rings. The Labute approximate surface area is 131 Å². The van der Waals surface area contributed by atoms with Crippen molar-refractivity contribution < 1.29 is 19.1 Å². The van der Waals surface area contributed by atoms with E-state index < -0.39 is 11.9 Å². The molecule has 20 heavy (non-hydrogen) atoms. The minimum absolute atomic E-state index is 0.0246. The molecule has 2 N–H and O–H groups in total. The minimum Gasteiger partial charge on any atom is -0.478 e. The summed E-state index contributed by atoms with van der Waals surface area (Å²) in [5, 5.41) is 11.6. The van der Waals surface area contributed by atoms with E-state index in [9.17, 15) is 9.59 Å². The molecule has 0 saturated heterocycles. The number of carbonyl (C=O) groups is 2. The second-order valence-corrected chi connectivity index (χ2v) is 5.18. The van der Waals surface area contributed by atoms with E-state index in [2.05, 4.69) is 21.2 Å². The minimum atomic E-state index is -1.29. The number of rotatable bonds is 3. The molecule has 2 aromatic rings. The molecule has 5 nitrogen and oxygen atoms in total. The zero-order chi connectivity index (χ0) is 14.9. The highest BCUT2D eigenvalue weighted by molar-refractivity contribution is 9.10. The van der Waals surface area contributed by atoms with Crippen LogP contribution in [0.4, 0.5) is 5.69 Å². The third-order valence-corrected chi connectivity index (χ3v) is 3.66. The number of carboxylic acids is 1. The van der Waals surface area contributed by atoms with Crippen LogP contribution in [0.25, 0.3) is 0 Å². The van der Waals surface area contributed by atoms with Crippen molar-refractivity contribution in [1.82, 2.24) is 0 Å². The van der Waals surface area contributed by atoms with E-state index in [0.717, 1.165) is 0 Å². The number of carbonyl (C=O) groups excluding carboxylic acids is 1. The van der Waals surface area contributed by atoms with Crippen LogP contribution in [0, 0.1) is 0 Å². The van der Waals surface area contributed by atoms with Crippen LogP contribution >= 0.6 is 39.1 Å². The Bertz CT molecular complexity index is 699. The lowest BCUT2D eigenvalue weighted by atomic mass is 10.1. The highest BCUT2D eigenvalue weighted by Crippen LogP contribution is 2.32. The SMILES string of the molecule is O=C(Nc1c(Cl)ccc(Cl)c1C(=O)O)c1ccoc1Br. The summed E-state index contributed by atoms with van der Waals surface area (Å²) in [6, 6.07) is 4.17. The maximum atomic E-state index is 12.0. The van der Waals surface area contributed by atoms with Gasteiger partial charge in [0.1, 0.15) is 5.56 Å². The van der Waals surface area contributed by atoms with Gasteiger partial charge in [0.2, 0.25) is 0 Å². The molecule has 1 heterocycles. The van der Waals surface area contributed by atoms with Crippen LogP contribution in [0.15, 0.2) is 33.5 Å². The normalized spacial score (nSPS) is 10.3. The van der Waals surface area contributed by atoms with Crippen LogP contribution in [0.3, 0.4) is 0 Å². The predicted octanol–water partition coefficient (Wildman–Crippen LogP) is 4.30. The highest BCUT2D eigenvalue weighted by Gasteiger charge is 2.21. The number of hydrogen-bond acceptors (Lipinski definition) is 3. The van der Waals surface area contributed by atoms with Gasteiger partial charge in [-0.15, -0.1) is 0 Å². The van der Waals surface area contributed by atoms with E-state index in [-0.39, 0.29) is 31.5 Å². The molecule has 0 aliphatic heterocycles. The molecule has 0 saturated carbocycles. The van der Waals surface area contributed by atoms with E-state index in [4.69, 9.17) is 32.7 Å². The lowest BCUT2D eigenvalue weighted by molar-refractivity contribution is 0.0698. The van der Waals surface area contributed by atoms with Gasteiger partial charge in [-0.3, -0.25) is 4.79 Å². The first kappa shape index (κ1) is 14.9. The summed E-state index contributed by atoms with van der Waals surface area (Å²) in [6.07, 6.45) is 1.32. The number of benzene rings is 1. The second-order valence-electron chi connectivity index (χ2n) is 3.65. The van der Waals surface area contributed by atoms with Crippen molar-refractivity contribution in [3.63, 3.8) is 0 Å². The number of nitrogens with one attached hydrogen (secondary N) is 1. The third-order valence-electron chi connectivity index (χ3n) is 2.42. The summed E-state index contributed by atoms with van der Waals surface area (Å²) in [4.78, 5) is 23.2. The van der Waals surface area contributed by atoms with Gasteiger partial charge >= 0.3 is 5.97 Å². The monoisotopic (exact) mass is 377 g/mol. The first-order chi connectivity index (χ1) is 9.41. The zero-order valence-electron chi connectivity index (χ0n) is 9.62. The molecule has 1 aromatic carbocycles. The van der Waals surface area contributed by atoms with Crippen LogP contribution in [0.5, 0.6) is 0 Å². The van der Waals surface area contributed by atoms with Gasteiger partial charge in [-0.1, -0.05) is 23.2 Å². The summed E-state index contributed by atoms with van der Waals surface area (Å²) in [5.41, 5.74) is -0.130. The molecule has 0 atom stereocenters. The largest absolute Gasteiger partial charge is 0.478 e. The molecule has 8 heteroatoms. The molecular weight excluding hydrogens is 373 g/mol. The van der Waals surface area contributed by atoms with Gasteiger partial charge in [0.25, 0.3) is 5.91 Å². The predicted molar refractivity (Wildman–Crippen MR) is 77.8 cm³/mol. The van der Waals surface area contributed by atoms with Gasteiger partial charge < -0.3 is 14.8 Å². The molecule has 0 radical (unpaired) electrons. The molecule has 0 aliphatic carbocycles. The Morgan fingerprint density at radius 1 is 1.20 bits per heavy atom. The molecule has 0 bridgehead atoms. The quantitative estimate of drug-likeness (QED) is 0.834. The summed E-state index contributed by atoms with van der Waals surface area (Å²) >= 11 is 14.8. The first-order valence-corrected chi connectivity index (χ1v) is 6.72. The van der Waals surface area contributed by atoms with Crippen LogP contribution in [0.1, 0.15) is 20.7 Å². The van der Waals surface area contributed by atoms with Crippen LogP contribution in [-0.4, -0.2) is 17.0 Å². The third kappa shape index (κ3) is 2.82. The smallest absolute Gasteiger partial charge is 0.339 e. The molecule has 0 unspecified atom stereocenters. The van der Waals surface area contributed by atoms with E-state index in [1.54, 1.807) is 0 Å². The first-order valence-electron chi connectivity index (χ1n) is 5.17. The molecule has 2 rings (SSSR count). The Hall–Kier alpha value is -1.50. The average Bonchev–Trinajstić information content (AvgIpc) is 2.79. The van der Waals surface area contributed by atoms with Gasteiger partial charge in [0, 0.05) is 0 Å². The number of carboxylic acid groups (broad SMARTS) is 1. The van der Waals surface area contributed by atoms with Crippen molar-refractivity contribution in [3.8, 4) is 0 Å². The van der Waals surface area contributed by atoms with E-state index >= 15 is 0 Å². The maximum Gasteiger partial charge on any atom is 0.339 e. The van der Waals surface area contributed by atoms with Crippen molar-refractivity contribution in [1.29, 1.82) is 0 Å². The molecule has 1 amide bonds. The average molecular weight is 379 g/mol. The Balaban J connectivity index is 2.44. The van der Waals surface area contributed by atoms with E-state index in [0.29, 0.717) is 0 Å². The van der Waals surface area contributed by atoms with Crippen molar-refractivity contribution in [2.24, 2.45) is 0 Å². The lowest BCUT2D eigenvalue weighted by Crippen LogP contribution is -2.15. The highest BCUT2D eigenvalue weighted by atomic mass is 79.9. The van der Waals surface area contributed by atoms with E-state index in [1.165, 1.54) is 24.5 Å². The maximum absolute atomic E-state index is 12.0. The van der Waals surface area contributed by atoms with Crippen LogP contribution < -0.4 is 5.32 Å². The molecular formula is C12H6BrCl2NO4.